The second-order valence-corrected chi connectivity index (χ2v) is 7.65. The maximum Gasteiger partial charge on any atom is 0.293 e. The Hall–Kier alpha value is -3.16. The zero-order chi connectivity index (χ0) is 21.7. The number of nitrogens with zero attached hydrogens (tertiary/aromatic N) is 1. The SMILES string of the molecule is O=COCC1=C(COC=O)C2(C(Cc3ccc(Cl)nc3)Nc3ccccc3)C=CC1O2. The summed E-state index contributed by atoms with van der Waals surface area (Å²) in [4.78, 5) is 25.9. The van der Waals surface area contributed by atoms with Crippen LogP contribution in [0.3, 0.4) is 0 Å². The van der Waals surface area contributed by atoms with Crippen molar-refractivity contribution < 1.29 is 23.8 Å². The minimum atomic E-state index is -0.884. The lowest BCUT2D eigenvalue weighted by molar-refractivity contribution is -0.129. The van der Waals surface area contributed by atoms with Gasteiger partial charge in [-0.15, -0.1) is 0 Å². The lowest BCUT2D eigenvalue weighted by Gasteiger charge is -2.36. The minimum Gasteiger partial charge on any atom is -0.463 e. The third-order valence-electron chi connectivity index (χ3n) is 5.51. The van der Waals surface area contributed by atoms with Crippen LogP contribution in [0.15, 0.2) is 72.0 Å². The molecule has 2 bridgehead atoms. The van der Waals surface area contributed by atoms with Crippen LogP contribution in [0.2, 0.25) is 5.15 Å². The standard InChI is InChI=1S/C23H21ClN2O5/c24-22-7-6-16(11-25-22)10-21(26-17-4-2-1-3-5-17)23-9-8-20(31-23)18(12-29-14-27)19(23)13-30-15-28/h1-9,11,14-15,20-21,26H,10,12-13H2. The largest absolute Gasteiger partial charge is 0.463 e. The number of pyridine rings is 1. The molecule has 31 heavy (non-hydrogen) atoms. The average Bonchev–Trinajstić information content (AvgIpc) is 3.36. The molecule has 4 rings (SSSR count). The molecule has 0 radical (unpaired) electrons. The van der Waals surface area contributed by atoms with Gasteiger partial charge in [-0.3, -0.25) is 9.59 Å². The predicted octanol–water partition coefficient (Wildman–Crippen LogP) is 3.11. The van der Waals surface area contributed by atoms with Crippen LogP contribution >= 0.6 is 11.6 Å². The van der Waals surface area contributed by atoms with Crippen LogP contribution in [0.4, 0.5) is 5.69 Å². The summed E-state index contributed by atoms with van der Waals surface area (Å²) < 4.78 is 16.6. The van der Waals surface area contributed by atoms with Crippen molar-refractivity contribution in [3.05, 3.63) is 82.7 Å². The zero-order valence-electron chi connectivity index (χ0n) is 16.6. The van der Waals surface area contributed by atoms with Gasteiger partial charge in [0.05, 0.1) is 6.04 Å². The molecule has 3 heterocycles. The summed E-state index contributed by atoms with van der Waals surface area (Å²) in [6.45, 7) is 0.899. The second-order valence-electron chi connectivity index (χ2n) is 7.27. The first-order valence-electron chi connectivity index (χ1n) is 9.78. The molecular formula is C23H21ClN2O5. The first-order chi connectivity index (χ1) is 15.2. The molecule has 0 aliphatic carbocycles. The summed E-state index contributed by atoms with van der Waals surface area (Å²) in [7, 11) is 0. The maximum absolute atomic E-state index is 10.9. The fourth-order valence-corrected chi connectivity index (χ4v) is 4.25. The Balaban J connectivity index is 1.72. The molecule has 2 aromatic rings. The zero-order valence-corrected chi connectivity index (χ0v) is 17.3. The number of anilines is 1. The molecule has 3 atom stereocenters. The Morgan fingerprint density at radius 2 is 1.90 bits per heavy atom. The van der Waals surface area contributed by atoms with E-state index in [1.807, 2.05) is 48.6 Å². The molecule has 0 spiro atoms. The van der Waals surface area contributed by atoms with Crippen molar-refractivity contribution in [1.29, 1.82) is 0 Å². The molecule has 0 fully saturated rings. The van der Waals surface area contributed by atoms with Crippen LogP contribution in [0.1, 0.15) is 5.56 Å². The number of hydrogen-bond acceptors (Lipinski definition) is 7. The molecule has 1 N–H and O–H groups in total. The van der Waals surface area contributed by atoms with Crippen LogP contribution in [-0.2, 0) is 30.2 Å². The van der Waals surface area contributed by atoms with Crippen molar-refractivity contribution in [3.63, 3.8) is 0 Å². The van der Waals surface area contributed by atoms with E-state index in [1.54, 1.807) is 12.3 Å². The van der Waals surface area contributed by atoms with E-state index in [0.29, 0.717) is 24.5 Å². The number of halogens is 1. The van der Waals surface area contributed by atoms with Crippen molar-refractivity contribution >= 4 is 30.2 Å². The molecule has 160 valence electrons. The predicted molar refractivity (Wildman–Crippen MR) is 115 cm³/mol. The highest BCUT2D eigenvalue weighted by molar-refractivity contribution is 6.29. The molecule has 8 heteroatoms. The summed E-state index contributed by atoms with van der Waals surface area (Å²) >= 11 is 5.95. The van der Waals surface area contributed by atoms with E-state index >= 15 is 0 Å². The number of carbonyl (C=O) groups is 2. The van der Waals surface area contributed by atoms with E-state index in [1.165, 1.54) is 0 Å². The second kappa shape index (κ2) is 9.32. The van der Waals surface area contributed by atoms with Crippen LogP contribution < -0.4 is 5.32 Å². The molecule has 0 amide bonds. The number of fused-ring (bicyclic) bond motifs is 2. The smallest absolute Gasteiger partial charge is 0.293 e. The van der Waals surface area contributed by atoms with Gasteiger partial charge in [-0.1, -0.05) is 41.9 Å². The third kappa shape index (κ3) is 4.33. The van der Waals surface area contributed by atoms with E-state index in [0.717, 1.165) is 22.4 Å². The minimum absolute atomic E-state index is 0.0354. The van der Waals surface area contributed by atoms with Crippen molar-refractivity contribution in [1.82, 2.24) is 4.98 Å². The van der Waals surface area contributed by atoms with E-state index in [2.05, 4.69) is 10.3 Å². The highest BCUT2D eigenvalue weighted by Gasteiger charge is 2.53. The molecule has 7 nitrogen and oxygen atoms in total. The number of hydrogen-bond donors (Lipinski definition) is 1. The van der Waals surface area contributed by atoms with E-state index < -0.39 is 5.60 Å². The van der Waals surface area contributed by atoms with Gasteiger partial charge in [0.2, 0.25) is 0 Å². The van der Waals surface area contributed by atoms with Gasteiger partial charge in [-0.25, -0.2) is 4.98 Å². The molecule has 3 unspecified atom stereocenters. The van der Waals surface area contributed by atoms with Gasteiger partial charge in [-0.05, 0) is 36.3 Å². The van der Waals surface area contributed by atoms with Crippen LogP contribution in [-0.4, -0.2) is 48.9 Å². The fourth-order valence-electron chi connectivity index (χ4n) is 4.13. The Kier molecular flexibility index (Phi) is 6.34. The van der Waals surface area contributed by atoms with Crippen LogP contribution in [0, 0.1) is 0 Å². The summed E-state index contributed by atoms with van der Waals surface area (Å²) in [5.41, 5.74) is 2.54. The summed E-state index contributed by atoms with van der Waals surface area (Å²) in [5.74, 6) is 0. The molecule has 2 aliphatic heterocycles. The van der Waals surface area contributed by atoms with E-state index in [4.69, 9.17) is 25.8 Å². The highest BCUT2D eigenvalue weighted by Crippen LogP contribution is 2.46. The van der Waals surface area contributed by atoms with Crippen molar-refractivity contribution in [2.45, 2.75) is 24.2 Å². The van der Waals surface area contributed by atoms with Crippen molar-refractivity contribution in [2.75, 3.05) is 18.5 Å². The Morgan fingerprint density at radius 1 is 1.13 bits per heavy atom. The van der Waals surface area contributed by atoms with Crippen molar-refractivity contribution in [2.24, 2.45) is 0 Å². The van der Waals surface area contributed by atoms with Gasteiger partial charge in [0.1, 0.15) is 30.1 Å². The molecule has 0 saturated heterocycles. The maximum atomic E-state index is 10.9. The first kappa shape index (κ1) is 21.1. The number of aromatic nitrogens is 1. The summed E-state index contributed by atoms with van der Waals surface area (Å²) in [5, 5.41) is 3.98. The third-order valence-corrected chi connectivity index (χ3v) is 5.73. The summed E-state index contributed by atoms with van der Waals surface area (Å²) in [6, 6.07) is 13.2. The van der Waals surface area contributed by atoms with E-state index in [9.17, 15) is 9.59 Å². The number of benzene rings is 1. The number of nitrogens with one attached hydrogen (secondary N) is 1. The van der Waals surface area contributed by atoms with Gasteiger partial charge < -0.3 is 19.5 Å². The molecule has 0 saturated carbocycles. The molecule has 1 aromatic carbocycles. The normalized spacial score (nSPS) is 22.3. The summed E-state index contributed by atoms with van der Waals surface area (Å²) in [6.07, 6.45) is 5.85. The van der Waals surface area contributed by atoms with Crippen LogP contribution in [0.25, 0.3) is 0 Å². The molecular weight excluding hydrogens is 420 g/mol. The monoisotopic (exact) mass is 440 g/mol. The Morgan fingerprint density at radius 3 is 2.61 bits per heavy atom. The lowest BCUT2D eigenvalue weighted by Crippen LogP contribution is -2.48. The van der Waals surface area contributed by atoms with Crippen LogP contribution in [0.5, 0.6) is 0 Å². The topological polar surface area (TPSA) is 86.8 Å². The van der Waals surface area contributed by atoms with Crippen molar-refractivity contribution in [3.8, 4) is 0 Å². The quantitative estimate of drug-likeness (QED) is 0.326. The first-order valence-corrected chi connectivity index (χ1v) is 10.2. The van der Waals surface area contributed by atoms with Gasteiger partial charge in [0.15, 0.2) is 0 Å². The fraction of sp³-hybridized carbons (Fsp3) is 0.261. The Labute approximate surface area is 184 Å². The molecule has 1 aromatic heterocycles. The Bertz CT molecular complexity index is 993. The average molecular weight is 441 g/mol. The van der Waals surface area contributed by atoms with Gasteiger partial charge in [0.25, 0.3) is 12.9 Å². The molecule has 2 aliphatic rings. The highest BCUT2D eigenvalue weighted by atomic mass is 35.5. The number of carbonyl (C=O) groups excluding carboxylic acids is 2. The number of para-hydroxylation sites is 1. The number of ether oxygens (including phenoxy) is 3. The van der Waals surface area contributed by atoms with E-state index in [-0.39, 0.29) is 25.4 Å². The van der Waals surface area contributed by atoms with Gasteiger partial charge >= 0.3 is 0 Å². The van der Waals surface area contributed by atoms with Gasteiger partial charge in [0, 0.05) is 23.0 Å². The van der Waals surface area contributed by atoms with Gasteiger partial charge in [-0.2, -0.15) is 0 Å². The number of rotatable bonds is 11. The lowest BCUT2D eigenvalue weighted by atomic mass is 9.79.